The monoisotopic (exact) mass is 531 g/mol. The third-order valence-electron chi connectivity index (χ3n) is 5.84. The van der Waals surface area contributed by atoms with Crippen molar-refractivity contribution in [3.8, 4) is 16.9 Å². The molecule has 0 atom stereocenters. The summed E-state index contributed by atoms with van der Waals surface area (Å²) in [6.07, 6.45) is 1.61. The number of aromatic nitrogens is 1. The number of carbonyl (C=O) groups is 2. The average molecular weight is 532 g/mol. The minimum Gasteiger partial charge on any atom is -0.313 e. The fraction of sp³-hybridized carbons (Fsp3) is 0.0357. The number of thiocarbonyl (C=S) groups is 1. The first-order chi connectivity index (χ1) is 17.3. The van der Waals surface area contributed by atoms with E-state index in [1.807, 2.05) is 73.7 Å². The van der Waals surface area contributed by atoms with Crippen molar-refractivity contribution in [2.75, 3.05) is 4.90 Å². The lowest BCUT2D eigenvalue weighted by atomic mass is 10.0. The first-order valence-electron chi connectivity index (χ1n) is 11.0. The van der Waals surface area contributed by atoms with Crippen molar-refractivity contribution >= 4 is 64.1 Å². The van der Waals surface area contributed by atoms with Gasteiger partial charge in [-0.15, -0.1) is 0 Å². The molecule has 1 aliphatic rings. The van der Waals surface area contributed by atoms with Crippen LogP contribution in [0.1, 0.15) is 11.3 Å². The predicted molar refractivity (Wildman–Crippen MR) is 149 cm³/mol. The van der Waals surface area contributed by atoms with Crippen LogP contribution in [-0.4, -0.2) is 21.5 Å². The molecule has 5 rings (SSSR count). The van der Waals surface area contributed by atoms with Crippen LogP contribution in [0.2, 0.25) is 10.0 Å². The topological polar surface area (TPSA) is 54.3 Å². The van der Waals surface area contributed by atoms with Crippen molar-refractivity contribution in [2.24, 2.45) is 0 Å². The Labute approximate surface area is 223 Å². The van der Waals surface area contributed by atoms with E-state index in [9.17, 15) is 9.59 Å². The zero-order valence-electron chi connectivity index (χ0n) is 19.0. The van der Waals surface area contributed by atoms with Gasteiger partial charge in [-0.3, -0.25) is 19.8 Å². The maximum absolute atomic E-state index is 13.6. The van der Waals surface area contributed by atoms with Gasteiger partial charge < -0.3 is 4.57 Å². The summed E-state index contributed by atoms with van der Waals surface area (Å²) in [6, 6.07) is 26.5. The number of halogens is 2. The Kier molecular flexibility index (Phi) is 6.49. The van der Waals surface area contributed by atoms with E-state index in [1.54, 1.807) is 18.2 Å². The Morgan fingerprint density at radius 3 is 2.17 bits per heavy atom. The zero-order chi connectivity index (χ0) is 25.4. The molecule has 2 heterocycles. The van der Waals surface area contributed by atoms with E-state index in [0.717, 1.165) is 28.2 Å². The SMILES string of the molecule is Cc1cc(/C=C2\C(=O)NC(=S)N(c3ccc(Cl)c(Cl)c3)C2=O)c(-c2ccccc2)n1-c1ccccc1. The van der Waals surface area contributed by atoms with Gasteiger partial charge in [0.25, 0.3) is 11.8 Å². The Bertz CT molecular complexity index is 1550. The fourth-order valence-electron chi connectivity index (χ4n) is 4.25. The number of amides is 2. The molecule has 1 aromatic heterocycles. The molecule has 1 fully saturated rings. The normalized spacial score (nSPS) is 14.9. The Balaban J connectivity index is 1.67. The molecule has 0 spiro atoms. The molecule has 0 aliphatic carbocycles. The molecule has 0 radical (unpaired) electrons. The maximum atomic E-state index is 13.6. The van der Waals surface area contributed by atoms with Gasteiger partial charge in [-0.05, 0) is 67.2 Å². The fourth-order valence-corrected chi connectivity index (χ4v) is 4.82. The molecule has 0 saturated carbocycles. The van der Waals surface area contributed by atoms with Gasteiger partial charge in [-0.25, -0.2) is 0 Å². The van der Waals surface area contributed by atoms with Crippen LogP contribution in [0.5, 0.6) is 0 Å². The van der Waals surface area contributed by atoms with E-state index >= 15 is 0 Å². The molecule has 1 aliphatic heterocycles. The van der Waals surface area contributed by atoms with Gasteiger partial charge in [-0.1, -0.05) is 71.7 Å². The lowest BCUT2D eigenvalue weighted by Gasteiger charge is -2.29. The van der Waals surface area contributed by atoms with Gasteiger partial charge in [0, 0.05) is 16.9 Å². The number of aryl methyl sites for hydroxylation is 1. The minimum absolute atomic E-state index is 0.0261. The molecule has 36 heavy (non-hydrogen) atoms. The van der Waals surface area contributed by atoms with Crippen LogP contribution in [0.4, 0.5) is 5.69 Å². The van der Waals surface area contributed by atoms with Gasteiger partial charge >= 0.3 is 0 Å². The van der Waals surface area contributed by atoms with Crippen LogP contribution in [0.3, 0.4) is 0 Å². The van der Waals surface area contributed by atoms with Gasteiger partial charge in [0.1, 0.15) is 5.57 Å². The third-order valence-corrected chi connectivity index (χ3v) is 6.86. The van der Waals surface area contributed by atoms with Crippen molar-refractivity contribution in [2.45, 2.75) is 6.92 Å². The van der Waals surface area contributed by atoms with Crippen LogP contribution in [0.15, 0.2) is 90.5 Å². The first kappa shape index (κ1) is 24.0. The largest absolute Gasteiger partial charge is 0.313 e. The Morgan fingerprint density at radius 2 is 1.50 bits per heavy atom. The van der Waals surface area contributed by atoms with E-state index in [-0.39, 0.29) is 15.7 Å². The highest BCUT2D eigenvalue weighted by Crippen LogP contribution is 2.34. The Morgan fingerprint density at radius 1 is 0.833 bits per heavy atom. The number of anilines is 1. The second kappa shape index (κ2) is 9.74. The number of hydrogen-bond acceptors (Lipinski definition) is 3. The second-order valence-corrected chi connectivity index (χ2v) is 9.38. The lowest BCUT2D eigenvalue weighted by Crippen LogP contribution is -2.54. The van der Waals surface area contributed by atoms with E-state index in [2.05, 4.69) is 9.88 Å². The lowest BCUT2D eigenvalue weighted by molar-refractivity contribution is -0.122. The summed E-state index contributed by atoms with van der Waals surface area (Å²) < 4.78 is 2.11. The van der Waals surface area contributed by atoms with Crippen molar-refractivity contribution in [3.05, 3.63) is 112 Å². The molecule has 4 aromatic rings. The minimum atomic E-state index is -0.564. The summed E-state index contributed by atoms with van der Waals surface area (Å²) in [4.78, 5) is 27.8. The smallest absolute Gasteiger partial charge is 0.270 e. The van der Waals surface area contributed by atoms with E-state index < -0.39 is 11.8 Å². The summed E-state index contributed by atoms with van der Waals surface area (Å²) in [6.45, 7) is 1.99. The van der Waals surface area contributed by atoms with Crippen molar-refractivity contribution < 1.29 is 9.59 Å². The molecule has 1 N–H and O–H groups in total. The average Bonchev–Trinajstić information content (AvgIpc) is 3.20. The van der Waals surface area contributed by atoms with Crippen molar-refractivity contribution in [1.82, 2.24) is 9.88 Å². The van der Waals surface area contributed by atoms with Crippen molar-refractivity contribution in [3.63, 3.8) is 0 Å². The maximum Gasteiger partial charge on any atom is 0.270 e. The van der Waals surface area contributed by atoms with Crippen LogP contribution < -0.4 is 10.2 Å². The summed E-state index contributed by atoms with van der Waals surface area (Å²) in [5.41, 5.74) is 4.82. The van der Waals surface area contributed by atoms with Gasteiger partial charge in [0.15, 0.2) is 5.11 Å². The molecule has 8 heteroatoms. The molecule has 0 bridgehead atoms. The number of carbonyl (C=O) groups excluding carboxylic acids is 2. The number of nitrogens with zero attached hydrogens (tertiary/aromatic N) is 2. The third kappa shape index (κ3) is 4.35. The second-order valence-electron chi connectivity index (χ2n) is 8.18. The van der Waals surface area contributed by atoms with Crippen LogP contribution >= 0.6 is 35.4 Å². The van der Waals surface area contributed by atoms with Gasteiger partial charge in [0.05, 0.1) is 21.4 Å². The van der Waals surface area contributed by atoms with E-state index in [0.29, 0.717) is 10.7 Å². The highest BCUT2D eigenvalue weighted by atomic mass is 35.5. The quantitative estimate of drug-likeness (QED) is 0.183. The standard InChI is InChI=1S/C28H19Cl2N3O2S/c1-17-14-19(25(18-8-4-2-5-9-18)32(17)20-10-6-3-7-11-20)15-22-26(34)31-28(36)33(27(22)35)21-12-13-23(29)24(30)16-21/h2-16H,1H3,(H,31,34,36)/b22-15+. The summed E-state index contributed by atoms with van der Waals surface area (Å²) in [5, 5.41) is 3.22. The number of rotatable bonds is 4. The predicted octanol–water partition coefficient (Wildman–Crippen LogP) is 6.59. The number of nitrogens with one attached hydrogen (secondary N) is 1. The molecule has 2 amide bonds. The van der Waals surface area contributed by atoms with E-state index in [1.165, 1.54) is 11.0 Å². The summed E-state index contributed by atoms with van der Waals surface area (Å²) >= 11 is 17.5. The number of hydrogen-bond donors (Lipinski definition) is 1. The summed E-state index contributed by atoms with van der Waals surface area (Å²) in [5.74, 6) is -1.11. The molecular weight excluding hydrogens is 513 g/mol. The van der Waals surface area contributed by atoms with Gasteiger partial charge in [-0.2, -0.15) is 0 Å². The highest BCUT2D eigenvalue weighted by molar-refractivity contribution is 7.80. The van der Waals surface area contributed by atoms with Gasteiger partial charge in [0.2, 0.25) is 0 Å². The van der Waals surface area contributed by atoms with Crippen molar-refractivity contribution in [1.29, 1.82) is 0 Å². The van der Waals surface area contributed by atoms with Crippen LogP contribution in [0, 0.1) is 6.92 Å². The highest BCUT2D eigenvalue weighted by Gasteiger charge is 2.35. The Hall–Kier alpha value is -3.71. The summed E-state index contributed by atoms with van der Waals surface area (Å²) in [7, 11) is 0. The molecule has 0 unspecified atom stereocenters. The molecular formula is C28H19Cl2N3O2S. The number of benzene rings is 3. The van der Waals surface area contributed by atoms with Crippen LogP contribution in [-0.2, 0) is 9.59 Å². The van der Waals surface area contributed by atoms with Crippen LogP contribution in [0.25, 0.3) is 23.0 Å². The molecule has 178 valence electrons. The number of para-hydroxylation sites is 1. The molecule has 3 aromatic carbocycles. The molecule has 1 saturated heterocycles. The first-order valence-corrected chi connectivity index (χ1v) is 12.2. The zero-order valence-corrected chi connectivity index (χ0v) is 21.4. The van der Waals surface area contributed by atoms with E-state index in [4.69, 9.17) is 35.4 Å². The molecule has 5 nitrogen and oxygen atoms in total.